The average molecular weight is 280 g/mol. The maximum Gasteiger partial charge on any atom is 0.303 e. The van der Waals surface area contributed by atoms with E-state index >= 15 is 0 Å². The molecule has 0 saturated heterocycles. The molecule has 2 rings (SSSR count). The Labute approximate surface area is 117 Å². The van der Waals surface area contributed by atoms with Gasteiger partial charge in [0, 0.05) is 17.6 Å². The first-order valence-electron chi connectivity index (χ1n) is 6.42. The number of carboxylic acid groups (broad SMARTS) is 1. The molecule has 19 heavy (non-hydrogen) atoms. The largest absolute Gasteiger partial charge is 0.481 e. The smallest absolute Gasteiger partial charge is 0.303 e. The molecule has 1 N–H and O–H groups in total. The van der Waals surface area contributed by atoms with Gasteiger partial charge >= 0.3 is 5.97 Å². The zero-order valence-corrected chi connectivity index (χ0v) is 12.1. The van der Waals surface area contributed by atoms with Gasteiger partial charge in [0.05, 0.1) is 17.0 Å². The van der Waals surface area contributed by atoms with Crippen LogP contribution in [0.3, 0.4) is 0 Å². The molecule has 0 aliphatic heterocycles. The molecule has 3 nitrogen and oxygen atoms in total. The van der Waals surface area contributed by atoms with Crippen LogP contribution >= 0.6 is 11.6 Å². The van der Waals surface area contributed by atoms with Crippen LogP contribution in [0.5, 0.6) is 0 Å². The highest BCUT2D eigenvalue weighted by atomic mass is 35.5. The summed E-state index contributed by atoms with van der Waals surface area (Å²) in [5, 5.41) is 10.6. The lowest BCUT2D eigenvalue weighted by Gasteiger charge is -2.09. The summed E-state index contributed by atoms with van der Waals surface area (Å²) in [4.78, 5) is 10.9. The molecule has 4 heteroatoms. The van der Waals surface area contributed by atoms with Crippen molar-refractivity contribution in [3.8, 4) is 0 Å². The fourth-order valence-corrected chi connectivity index (χ4v) is 2.75. The van der Waals surface area contributed by atoms with Crippen LogP contribution in [0.25, 0.3) is 10.9 Å². The molecule has 1 atom stereocenters. The fourth-order valence-electron chi connectivity index (χ4n) is 2.47. The number of hydrogen-bond acceptors (Lipinski definition) is 1. The topological polar surface area (TPSA) is 42.2 Å². The molecule has 0 aliphatic carbocycles. The molecular formula is C15H18ClNO2. The van der Waals surface area contributed by atoms with E-state index in [1.807, 2.05) is 31.3 Å². The van der Waals surface area contributed by atoms with Crippen LogP contribution in [0, 0.1) is 0 Å². The second-order valence-electron chi connectivity index (χ2n) is 5.22. The summed E-state index contributed by atoms with van der Waals surface area (Å²) in [7, 11) is 0. The molecule has 0 amide bonds. The van der Waals surface area contributed by atoms with Crippen molar-refractivity contribution >= 4 is 28.5 Å². The summed E-state index contributed by atoms with van der Waals surface area (Å²) >= 11 is 6.30. The van der Waals surface area contributed by atoms with Crippen LogP contribution in [-0.2, 0) is 4.79 Å². The highest BCUT2D eigenvalue weighted by molar-refractivity contribution is 6.35. The maximum atomic E-state index is 10.9. The molecule has 2 aromatic rings. The van der Waals surface area contributed by atoms with Crippen LogP contribution in [-0.4, -0.2) is 15.6 Å². The molecule has 0 spiro atoms. The van der Waals surface area contributed by atoms with Crippen molar-refractivity contribution in [2.75, 3.05) is 0 Å². The van der Waals surface area contributed by atoms with E-state index in [-0.39, 0.29) is 12.3 Å². The number of hydrogen-bond donors (Lipinski definition) is 1. The van der Waals surface area contributed by atoms with Crippen molar-refractivity contribution in [1.29, 1.82) is 0 Å². The molecule has 0 radical (unpaired) electrons. The molecule has 1 heterocycles. The molecular weight excluding hydrogens is 262 g/mol. The zero-order valence-electron chi connectivity index (χ0n) is 11.4. The Bertz CT molecular complexity index is 616. The van der Waals surface area contributed by atoms with Gasteiger partial charge in [-0.25, -0.2) is 0 Å². The number of nitrogens with zero attached hydrogens (tertiary/aromatic N) is 1. The summed E-state index contributed by atoms with van der Waals surface area (Å²) in [6, 6.07) is 6.12. The van der Waals surface area contributed by atoms with Gasteiger partial charge in [-0.05, 0) is 37.5 Å². The molecule has 1 aromatic heterocycles. The third kappa shape index (κ3) is 2.61. The number of benzene rings is 1. The van der Waals surface area contributed by atoms with Gasteiger partial charge in [-0.2, -0.15) is 0 Å². The van der Waals surface area contributed by atoms with Crippen molar-refractivity contribution in [2.45, 2.75) is 39.2 Å². The first kappa shape index (κ1) is 13.9. The first-order valence-corrected chi connectivity index (χ1v) is 6.80. The highest BCUT2D eigenvalue weighted by Crippen LogP contribution is 2.35. The van der Waals surface area contributed by atoms with Crippen molar-refractivity contribution in [1.82, 2.24) is 4.57 Å². The summed E-state index contributed by atoms with van der Waals surface area (Å²) in [5.74, 6) is -0.843. The normalized spacial score (nSPS) is 13.1. The number of aliphatic carboxylic acids is 1. The van der Waals surface area contributed by atoms with Crippen molar-refractivity contribution in [3.05, 3.63) is 35.0 Å². The maximum absolute atomic E-state index is 10.9. The van der Waals surface area contributed by atoms with Gasteiger partial charge in [0.1, 0.15) is 0 Å². The SMILES string of the molecule is CC(CC(=O)O)c1cn(C(C)C)c2cccc(Cl)c12. The van der Waals surface area contributed by atoms with Crippen LogP contribution < -0.4 is 0 Å². The third-order valence-electron chi connectivity index (χ3n) is 3.40. The van der Waals surface area contributed by atoms with Crippen molar-refractivity contribution < 1.29 is 9.90 Å². The van der Waals surface area contributed by atoms with E-state index in [9.17, 15) is 4.79 Å². The lowest BCUT2D eigenvalue weighted by Crippen LogP contribution is -2.03. The molecule has 0 aliphatic rings. The average Bonchev–Trinajstić information content (AvgIpc) is 2.69. The first-order chi connectivity index (χ1) is 8.91. The minimum absolute atomic E-state index is 0.0556. The quantitative estimate of drug-likeness (QED) is 0.898. The summed E-state index contributed by atoms with van der Waals surface area (Å²) in [5.41, 5.74) is 2.08. The molecule has 0 fully saturated rings. The van der Waals surface area contributed by atoms with Crippen LogP contribution in [0.1, 0.15) is 44.7 Å². The monoisotopic (exact) mass is 279 g/mol. The van der Waals surface area contributed by atoms with E-state index in [0.29, 0.717) is 11.1 Å². The summed E-state index contributed by atoms with van der Waals surface area (Å²) < 4.78 is 2.15. The summed E-state index contributed by atoms with van der Waals surface area (Å²) in [6.45, 7) is 6.13. The van der Waals surface area contributed by atoms with Gasteiger partial charge in [-0.3, -0.25) is 4.79 Å². The summed E-state index contributed by atoms with van der Waals surface area (Å²) in [6.07, 6.45) is 2.15. The Morgan fingerprint density at radius 1 is 1.37 bits per heavy atom. The van der Waals surface area contributed by atoms with Gasteiger partial charge < -0.3 is 9.67 Å². The Hall–Kier alpha value is -1.48. The molecule has 1 unspecified atom stereocenters. The lowest BCUT2D eigenvalue weighted by molar-refractivity contribution is -0.137. The Morgan fingerprint density at radius 3 is 2.63 bits per heavy atom. The van der Waals surface area contributed by atoms with E-state index < -0.39 is 5.97 Å². The Morgan fingerprint density at radius 2 is 2.05 bits per heavy atom. The van der Waals surface area contributed by atoms with E-state index in [0.717, 1.165) is 16.5 Å². The second-order valence-corrected chi connectivity index (χ2v) is 5.63. The third-order valence-corrected chi connectivity index (χ3v) is 3.72. The standard InChI is InChI=1S/C15H18ClNO2/c1-9(2)17-8-11(10(3)7-14(18)19)15-12(16)5-4-6-13(15)17/h4-6,8-10H,7H2,1-3H3,(H,18,19). The van der Waals surface area contributed by atoms with Gasteiger partial charge in [-0.15, -0.1) is 0 Å². The van der Waals surface area contributed by atoms with Crippen LogP contribution in [0.15, 0.2) is 24.4 Å². The van der Waals surface area contributed by atoms with E-state index in [4.69, 9.17) is 16.7 Å². The minimum atomic E-state index is -0.787. The predicted octanol–water partition coefficient (Wildman–Crippen LogP) is 4.45. The minimum Gasteiger partial charge on any atom is -0.481 e. The highest BCUT2D eigenvalue weighted by Gasteiger charge is 2.19. The van der Waals surface area contributed by atoms with Crippen molar-refractivity contribution in [3.63, 3.8) is 0 Å². The van der Waals surface area contributed by atoms with Crippen molar-refractivity contribution in [2.24, 2.45) is 0 Å². The lowest BCUT2D eigenvalue weighted by atomic mass is 9.97. The van der Waals surface area contributed by atoms with Gasteiger partial charge in [0.15, 0.2) is 0 Å². The second kappa shape index (κ2) is 5.25. The van der Waals surface area contributed by atoms with E-state index in [2.05, 4.69) is 18.4 Å². The van der Waals surface area contributed by atoms with Gasteiger partial charge in [0.2, 0.25) is 0 Å². The van der Waals surface area contributed by atoms with Crippen LogP contribution in [0.4, 0.5) is 0 Å². The predicted molar refractivity (Wildman–Crippen MR) is 78.0 cm³/mol. The number of aromatic nitrogens is 1. The van der Waals surface area contributed by atoms with Gasteiger partial charge in [0.25, 0.3) is 0 Å². The number of carboxylic acids is 1. The Kier molecular flexibility index (Phi) is 3.85. The molecule has 0 saturated carbocycles. The van der Waals surface area contributed by atoms with Crippen LogP contribution in [0.2, 0.25) is 5.02 Å². The number of fused-ring (bicyclic) bond motifs is 1. The number of rotatable bonds is 4. The molecule has 102 valence electrons. The fraction of sp³-hybridized carbons (Fsp3) is 0.400. The zero-order chi connectivity index (χ0) is 14.2. The van der Waals surface area contributed by atoms with E-state index in [1.165, 1.54) is 0 Å². The van der Waals surface area contributed by atoms with Gasteiger partial charge in [-0.1, -0.05) is 24.6 Å². The number of halogens is 1. The number of carbonyl (C=O) groups is 1. The molecule has 1 aromatic carbocycles. The Balaban J connectivity index is 2.63. The molecule has 0 bridgehead atoms. The van der Waals surface area contributed by atoms with E-state index in [1.54, 1.807) is 0 Å².